The number of hydrogen-bond donors (Lipinski definition) is 0. The molecule has 0 spiro atoms. The summed E-state index contributed by atoms with van der Waals surface area (Å²) >= 11 is 0. The van der Waals surface area contributed by atoms with E-state index in [4.69, 9.17) is 4.74 Å². The molecule has 21 heavy (non-hydrogen) atoms. The number of morpholine rings is 1. The van der Waals surface area contributed by atoms with Gasteiger partial charge in [-0.1, -0.05) is 0 Å². The van der Waals surface area contributed by atoms with Crippen molar-refractivity contribution in [3.63, 3.8) is 0 Å². The second-order valence-corrected chi connectivity index (χ2v) is 6.42. The van der Waals surface area contributed by atoms with E-state index in [0.29, 0.717) is 32.0 Å². The maximum absolute atomic E-state index is 12.7. The molecule has 3 aliphatic rings. The molecule has 0 unspecified atom stereocenters. The van der Waals surface area contributed by atoms with Crippen molar-refractivity contribution < 1.29 is 9.53 Å². The lowest BCUT2D eigenvalue weighted by Crippen LogP contribution is -2.41. The van der Waals surface area contributed by atoms with Crippen LogP contribution in [0.4, 0.5) is 0 Å². The van der Waals surface area contributed by atoms with Gasteiger partial charge in [-0.15, -0.1) is 0 Å². The van der Waals surface area contributed by atoms with Gasteiger partial charge in [0.05, 0.1) is 18.9 Å². The topological polar surface area (TPSA) is 50.6 Å². The van der Waals surface area contributed by atoms with Gasteiger partial charge in [0.15, 0.2) is 5.69 Å². The molecular weight excluding hydrogens is 268 g/mol. The summed E-state index contributed by atoms with van der Waals surface area (Å²) in [4.78, 5) is 17.0. The first-order valence-corrected chi connectivity index (χ1v) is 7.86. The number of carbonyl (C=O) groups excluding carboxylic acids is 1. The van der Waals surface area contributed by atoms with Gasteiger partial charge in [0.25, 0.3) is 5.91 Å². The summed E-state index contributed by atoms with van der Waals surface area (Å²) in [5.41, 5.74) is 3.02. The van der Waals surface area contributed by atoms with Gasteiger partial charge < -0.3 is 9.64 Å². The van der Waals surface area contributed by atoms with Crippen LogP contribution in [0.1, 0.15) is 34.6 Å². The molecule has 0 atom stereocenters. The number of nitrogens with zero attached hydrogens (tertiary/aromatic N) is 4. The fraction of sp³-hybridized carbons (Fsp3) is 0.733. The van der Waals surface area contributed by atoms with E-state index in [1.165, 1.54) is 25.1 Å². The highest BCUT2D eigenvalue weighted by molar-refractivity contribution is 5.94. The van der Waals surface area contributed by atoms with Crippen molar-refractivity contribution in [1.29, 1.82) is 0 Å². The Labute approximate surface area is 124 Å². The van der Waals surface area contributed by atoms with Gasteiger partial charge >= 0.3 is 0 Å². The Balaban J connectivity index is 1.54. The van der Waals surface area contributed by atoms with Crippen LogP contribution in [0.25, 0.3) is 0 Å². The zero-order valence-electron chi connectivity index (χ0n) is 12.5. The van der Waals surface area contributed by atoms with Crippen LogP contribution in [0.3, 0.4) is 0 Å². The molecule has 0 aromatic carbocycles. The minimum Gasteiger partial charge on any atom is -0.378 e. The molecule has 1 saturated heterocycles. The van der Waals surface area contributed by atoms with E-state index in [2.05, 4.69) is 10.00 Å². The molecule has 2 aliphatic heterocycles. The van der Waals surface area contributed by atoms with Gasteiger partial charge in [-0.05, 0) is 18.8 Å². The van der Waals surface area contributed by atoms with E-state index in [0.717, 1.165) is 24.6 Å². The Hall–Kier alpha value is -1.40. The lowest BCUT2D eigenvalue weighted by atomic mass is 10.2. The number of carbonyl (C=O) groups is 1. The third kappa shape index (κ3) is 2.46. The zero-order valence-corrected chi connectivity index (χ0v) is 12.5. The number of aryl methyl sites for hydroxylation is 1. The molecule has 6 heteroatoms. The first-order valence-electron chi connectivity index (χ1n) is 7.86. The van der Waals surface area contributed by atoms with Crippen molar-refractivity contribution in [3.8, 4) is 0 Å². The Bertz CT molecular complexity index is 558. The summed E-state index contributed by atoms with van der Waals surface area (Å²) < 4.78 is 7.22. The smallest absolute Gasteiger partial charge is 0.274 e. The fourth-order valence-electron chi connectivity index (χ4n) is 3.34. The van der Waals surface area contributed by atoms with Gasteiger partial charge in [-0.25, -0.2) is 0 Å². The number of hydrogen-bond acceptors (Lipinski definition) is 4. The van der Waals surface area contributed by atoms with Crippen molar-refractivity contribution in [2.45, 2.75) is 25.9 Å². The van der Waals surface area contributed by atoms with Crippen molar-refractivity contribution in [2.24, 2.45) is 13.0 Å². The zero-order chi connectivity index (χ0) is 14.4. The molecule has 114 valence electrons. The van der Waals surface area contributed by atoms with E-state index in [1.807, 2.05) is 16.6 Å². The fourth-order valence-corrected chi connectivity index (χ4v) is 3.34. The summed E-state index contributed by atoms with van der Waals surface area (Å²) in [5, 5.41) is 4.49. The van der Waals surface area contributed by atoms with Crippen LogP contribution in [0.2, 0.25) is 0 Å². The summed E-state index contributed by atoms with van der Waals surface area (Å²) in [5.74, 6) is 0.953. The molecule has 1 saturated carbocycles. The van der Waals surface area contributed by atoms with E-state index >= 15 is 0 Å². The quantitative estimate of drug-likeness (QED) is 0.819. The second kappa shape index (κ2) is 5.10. The van der Waals surface area contributed by atoms with E-state index in [9.17, 15) is 4.79 Å². The number of rotatable bonds is 3. The van der Waals surface area contributed by atoms with Gasteiger partial charge in [0.2, 0.25) is 0 Å². The highest BCUT2D eigenvalue weighted by Gasteiger charge is 2.34. The summed E-state index contributed by atoms with van der Waals surface area (Å²) in [7, 11) is 1.95. The molecule has 6 nitrogen and oxygen atoms in total. The van der Waals surface area contributed by atoms with Crippen LogP contribution >= 0.6 is 0 Å². The maximum Gasteiger partial charge on any atom is 0.274 e. The first-order chi connectivity index (χ1) is 10.2. The molecule has 1 aromatic heterocycles. The largest absolute Gasteiger partial charge is 0.378 e. The van der Waals surface area contributed by atoms with Gasteiger partial charge in [-0.3, -0.25) is 14.4 Å². The number of aromatic nitrogens is 2. The lowest BCUT2D eigenvalue weighted by molar-refractivity contribution is 0.0297. The van der Waals surface area contributed by atoms with E-state index < -0.39 is 0 Å². The molecule has 3 heterocycles. The van der Waals surface area contributed by atoms with E-state index in [1.54, 1.807) is 0 Å². The normalized spacial score (nSPS) is 22.6. The average molecular weight is 290 g/mol. The summed E-state index contributed by atoms with van der Waals surface area (Å²) in [6.07, 6.45) is 2.73. The van der Waals surface area contributed by atoms with Crippen LogP contribution in [0.15, 0.2) is 0 Å². The molecular formula is C15H22N4O2. The third-order valence-electron chi connectivity index (χ3n) is 4.74. The summed E-state index contributed by atoms with van der Waals surface area (Å²) in [6, 6.07) is 0. The number of amides is 1. The molecule has 4 rings (SSSR count). The maximum atomic E-state index is 12.7. The number of fused-ring (bicyclic) bond motifs is 1. The lowest BCUT2D eigenvalue weighted by Gasteiger charge is -2.26. The van der Waals surface area contributed by atoms with Gasteiger partial charge in [-0.2, -0.15) is 5.10 Å². The van der Waals surface area contributed by atoms with Crippen molar-refractivity contribution in [3.05, 3.63) is 17.0 Å². The van der Waals surface area contributed by atoms with Crippen LogP contribution < -0.4 is 0 Å². The van der Waals surface area contributed by atoms with Crippen LogP contribution in [-0.2, 0) is 24.9 Å². The molecule has 2 fully saturated rings. The SMILES string of the molecule is Cn1nc(C(=O)N2CCOCC2)c2c1CN(CC1CC1)C2. The predicted octanol–water partition coefficient (Wildman–Crippen LogP) is 0.618. The Morgan fingerprint density at radius 3 is 2.76 bits per heavy atom. The highest BCUT2D eigenvalue weighted by atomic mass is 16.5. The third-order valence-corrected chi connectivity index (χ3v) is 4.74. The van der Waals surface area contributed by atoms with Crippen molar-refractivity contribution in [2.75, 3.05) is 32.8 Å². The Morgan fingerprint density at radius 2 is 2.05 bits per heavy atom. The average Bonchev–Trinajstić information content (AvgIpc) is 3.13. The Kier molecular flexibility index (Phi) is 3.23. The van der Waals surface area contributed by atoms with Gasteiger partial charge in [0, 0.05) is 45.3 Å². The van der Waals surface area contributed by atoms with Crippen molar-refractivity contribution >= 4 is 5.91 Å². The highest BCUT2D eigenvalue weighted by Crippen LogP contribution is 2.34. The standard InChI is InChI=1S/C15H22N4O2/c1-17-13-10-18(8-11-2-3-11)9-12(13)14(16-17)15(20)19-4-6-21-7-5-19/h11H,2-10H2,1H3. The molecule has 1 aromatic rings. The molecule has 0 radical (unpaired) electrons. The molecule has 0 N–H and O–H groups in total. The minimum absolute atomic E-state index is 0.0726. The van der Waals surface area contributed by atoms with Crippen LogP contribution in [-0.4, -0.2) is 58.3 Å². The minimum atomic E-state index is 0.0726. The predicted molar refractivity (Wildman–Crippen MR) is 76.8 cm³/mol. The van der Waals surface area contributed by atoms with Crippen molar-refractivity contribution in [1.82, 2.24) is 19.6 Å². The van der Waals surface area contributed by atoms with Gasteiger partial charge in [0.1, 0.15) is 0 Å². The van der Waals surface area contributed by atoms with Crippen LogP contribution in [0, 0.1) is 5.92 Å². The molecule has 1 aliphatic carbocycles. The van der Waals surface area contributed by atoms with E-state index in [-0.39, 0.29) is 5.91 Å². The first kappa shape index (κ1) is 13.3. The number of ether oxygens (including phenoxy) is 1. The van der Waals surface area contributed by atoms with Crippen LogP contribution in [0.5, 0.6) is 0 Å². The molecule has 0 bridgehead atoms. The Morgan fingerprint density at radius 1 is 1.29 bits per heavy atom. The molecule has 1 amide bonds. The second-order valence-electron chi connectivity index (χ2n) is 6.42. The summed E-state index contributed by atoms with van der Waals surface area (Å²) in [6.45, 7) is 5.60. The monoisotopic (exact) mass is 290 g/mol.